The van der Waals surface area contributed by atoms with Crippen molar-refractivity contribution in [1.29, 1.82) is 0 Å². The second-order valence-electron chi connectivity index (χ2n) is 5.34. The summed E-state index contributed by atoms with van der Waals surface area (Å²) in [7, 11) is -3.51. The summed E-state index contributed by atoms with van der Waals surface area (Å²) >= 11 is 0. The van der Waals surface area contributed by atoms with E-state index in [2.05, 4.69) is 0 Å². The molecular weight excluding hydrogens is 295 g/mol. The highest BCUT2D eigenvalue weighted by molar-refractivity contribution is 7.86. The van der Waals surface area contributed by atoms with Crippen molar-refractivity contribution in [3.05, 3.63) is 35.6 Å². The zero-order valence-electron chi connectivity index (χ0n) is 11.7. The first-order valence-corrected chi connectivity index (χ1v) is 8.59. The number of halogens is 1. The molecule has 1 atom stereocenters. The zero-order chi connectivity index (χ0) is 14.9. The van der Waals surface area contributed by atoms with Crippen molar-refractivity contribution < 1.29 is 17.5 Å². The molecule has 0 bridgehead atoms. The van der Waals surface area contributed by atoms with Crippen molar-refractivity contribution in [2.45, 2.75) is 18.9 Å². The van der Waals surface area contributed by atoms with Crippen molar-refractivity contribution >= 4 is 10.2 Å². The van der Waals surface area contributed by atoms with Crippen LogP contribution in [0.25, 0.3) is 0 Å². The van der Waals surface area contributed by atoms with E-state index >= 15 is 0 Å². The van der Waals surface area contributed by atoms with Crippen molar-refractivity contribution in [3.8, 4) is 0 Å². The summed E-state index contributed by atoms with van der Waals surface area (Å²) < 4.78 is 47.1. The van der Waals surface area contributed by atoms with E-state index in [1.165, 1.54) is 20.7 Å². The zero-order valence-corrected chi connectivity index (χ0v) is 12.6. The molecule has 0 radical (unpaired) electrons. The van der Waals surface area contributed by atoms with E-state index in [4.69, 9.17) is 4.74 Å². The van der Waals surface area contributed by atoms with Gasteiger partial charge in [0.2, 0.25) is 0 Å². The largest absolute Gasteiger partial charge is 0.379 e. The highest BCUT2D eigenvalue weighted by Gasteiger charge is 2.39. The van der Waals surface area contributed by atoms with Gasteiger partial charge < -0.3 is 4.74 Å². The van der Waals surface area contributed by atoms with E-state index in [-0.39, 0.29) is 11.9 Å². The van der Waals surface area contributed by atoms with Crippen LogP contribution in [0.2, 0.25) is 0 Å². The summed E-state index contributed by atoms with van der Waals surface area (Å²) in [5, 5.41) is 0. The molecule has 1 unspecified atom stereocenters. The second-order valence-corrected chi connectivity index (χ2v) is 7.22. The fourth-order valence-corrected chi connectivity index (χ4v) is 4.80. The SMILES string of the molecule is O=S(=O)(N1CCOCC1)N1CCCC1c1cccc(F)c1. The smallest absolute Gasteiger partial charge is 0.282 e. The maximum absolute atomic E-state index is 13.4. The molecule has 2 heterocycles. The van der Waals surface area contributed by atoms with Crippen molar-refractivity contribution in [2.24, 2.45) is 0 Å². The van der Waals surface area contributed by atoms with Crippen LogP contribution in [0.1, 0.15) is 24.4 Å². The summed E-state index contributed by atoms with van der Waals surface area (Å²) in [5.41, 5.74) is 0.726. The van der Waals surface area contributed by atoms with E-state index in [0.717, 1.165) is 18.4 Å². The van der Waals surface area contributed by atoms with Crippen molar-refractivity contribution in [2.75, 3.05) is 32.8 Å². The fourth-order valence-electron chi connectivity index (χ4n) is 2.99. The van der Waals surface area contributed by atoms with Crippen LogP contribution in [0, 0.1) is 5.82 Å². The van der Waals surface area contributed by atoms with Gasteiger partial charge in [-0.3, -0.25) is 0 Å². The molecule has 0 saturated carbocycles. The van der Waals surface area contributed by atoms with Gasteiger partial charge in [-0.05, 0) is 30.5 Å². The highest BCUT2D eigenvalue weighted by atomic mass is 32.2. The lowest BCUT2D eigenvalue weighted by molar-refractivity contribution is 0.0699. The topological polar surface area (TPSA) is 49.9 Å². The van der Waals surface area contributed by atoms with Crippen molar-refractivity contribution in [1.82, 2.24) is 8.61 Å². The molecule has 3 rings (SSSR count). The van der Waals surface area contributed by atoms with Crippen LogP contribution in [-0.2, 0) is 14.9 Å². The molecule has 0 aromatic heterocycles. The average molecular weight is 314 g/mol. The molecule has 2 fully saturated rings. The lowest BCUT2D eigenvalue weighted by Crippen LogP contribution is -2.48. The normalized spacial score (nSPS) is 25.3. The maximum atomic E-state index is 13.4. The minimum absolute atomic E-state index is 0.270. The molecule has 0 aliphatic carbocycles. The van der Waals surface area contributed by atoms with Crippen LogP contribution in [0.15, 0.2) is 24.3 Å². The molecule has 2 aliphatic rings. The first-order valence-electron chi connectivity index (χ1n) is 7.19. The summed E-state index contributed by atoms with van der Waals surface area (Å²) in [6.45, 7) is 2.11. The number of morpholine rings is 1. The van der Waals surface area contributed by atoms with Crippen LogP contribution in [0.3, 0.4) is 0 Å². The molecule has 21 heavy (non-hydrogen) atoms. The molecule has 2 saturated heterocycles. The Morgan fingerprint density at radius 2 is 1.95 bits per heavy atom. The molecule has 0 N–H and O–H groups in total. The van der Waals surface area contributed by atoms with Gasteiger partial charge in [-0.1, -0.05) is 12.1 Å². The Hall–Kier alpha value is -1.02. The van der Waals surface area contributed by atoms with Crippen LogP contribution < -0.4 is 0 Å². The van der Waals surface area contributed by atoms with Gasteiger partial charge in [-0.25, -0.2) is 4.39 Å². The second kappa shape index (κ2) is 6.00. The van der Waals surface area contributed by atoms with Gasteiger partial charge in [0.05, 0.1) is 19.3 Å². The van der Waals surface area contributed by atoms with Crippen LogP contribution in [-0.4, -0.2) is 49.9 Å². The average Bonchev–Trinajstić information content (AvgIpc) is 2.98. The minimum atomic E-state index is -3.51. The Bertz CT molecular complexity index is 602. The Morgan fingerprint density at radius 1 is 1.19 bits per heavy atom. The summed E-state index contributed by atoms with van der Waals surface area (Å²) in [6, 6.07) is 5.95. The third-order valence-corrected chi connectivity index (χ3v) is 6.08. The molecule has 0 amide bonds. The molecule has 1 aromatic rings. The van der Waals surface area contributed by atoms with Gasteiger partial charge in [0.25, 0.3) is 10.2 Å². The van der Waals surface area contributed by atoms with Gasteiger partial charge in [-0.15, -0.1) is 0 Å². The fraction of sp³-hybridized carbons (Fsp3) is 0.571. The van der Waals surface area contributed by atoms with E-state index in [0.29, 0.717) is 32.8 Å². The van der Waals surface area contributed by atoms with Gasteiger partial charge in [-0.2, -0.15) is 17.0 Å². The minimum Gasteiger partial charge on any atom is -0.379 e. The highest BCUT2D eigenvalue weighted by Crippen LogP contribution is 2.35. The number of ether oxygens (including phenoxy) is 1. The predicted octanol–water partition coefficient (Wildman–Crippen LogP) is 1.54. The molecule has 1 aromatic carbocycles. The molecule has 2 aliphatic heterocycles. The number of hydrogen-bond donors (Lipinski definition) is 0. The first-order chi connectivity index (χ1) is 10.1. The summed E-state index contributed by atoms with van der Waals surface area (Å²) in [4.78, 5) is 0. The van der Waals surface area contributed by atoms with Gasteiger partial charge >= 0.3 is 0 Å². The Labute approximate surface area is 124 Å². The molecular formula is C14H19FN2O3S. The summed E-state index contributed by atoms with van der Waals surface area (Å²) in [6.07, 6.45) is 1.53. The first kappa shape index (κ1) is 14.9. The molecule has 7 heteroatoms. The lowest BCUT2D eigenvalue weighted by Gasteiger charge is -2.33. The van der Waals surface area contributed by atoms with Crippen LogP contribution in [0.4, 0.5) is 4.39 Å². The Kier molecular flexibility index (Phi) is 4.26. The third-order valence-electron chi connectivity index (χ3n) is 4.03. The van der Waals surface area contributed by atoms with Crippen molar-refractivity contribution in [3.63, 3.8) is 0 Å². The van der Waals surface area contributed by atoms with E-state index in [1.54, 1.807) is 12.1 Å². The van der Waals surface area contributed by atoms with Crippen LogP contribution in [0.5, 0.6) is 0 Å². The molecule has 0 spiro atoms. The lowest BCUT2D eigenvalue weighted by atomic mass is 10.1. The number of hydrogen-bond acceptors (Lipinski definition) is 3. The third kappa shape index (κ3) is 2.96. The monoisotopic (exact) mass is 314 g/mol. The van der Waals surface area contributed by atoms with Gasteiger partial charge in [0.1, 0.15) is 5.82 Å². The van der Waals surface area contributed by atoms with Gasteiger partial charge in [0.15, 0.2) is 0 Å². The number of nitrogens with zero attached hydrogens (tertiary/aromatic N) is 2. The van der Waals surface area contributed by atoms with E-state index in [9.17, 15) is 12.8 Å². The quantitative estimate of drug-likeness (QED) is 0.850. The van der Waals surface area contributed by atoms with E-state index < -0.39 is 10.2 Å². The van der Waals surface area contributed by atoms with E-state index in [1.807, 2.05) is 0 Å². The Balaban J connectivity index is 1.86. The van der Waals surface area contributed by atoms with Crippen LogP contribution >= 0.6 is 0 Å². The Morgan fingerprint density at radius 3 is 2.67 bits per heavy atom. The maximum Gasteiger partial charge on any atom is 0.282 e. The molecule has 5 nitrogen and oxygen atoms in total. The summed E-state index contributed by atoms with van der Waals surface area (Å²) in [5.74, 6) is -0.330. The van der Waals surface area contributed by atoms with Gasteiger partial charge in [0, 0.05) is 19.6 Å². The standard InChI is InChI=1S/C14H19FN2O3S/c15-13-4-1-3-12(11-13)14-5-2-6-17(14)21(18,19)16-7-9-20-10-8-16/h1,3-4,11,14H,2,5-10H2. The number of rotatable bonds is 3. The predicted molar refractivity (Wildman–Crippen MR) is 76.4 cm³/mol. The number of benzene rings is 1. The molecule has 116 valence electrons.